The molecule has 41 heavy (non-hydrogen) atoms. The second-order valence-corrected chi connectivity index (χ2v) is 10.4. The van der Waals surface area contributed by atoms with Crippen molar-refractivity contribution >= 4 is 29.6 Å². The molecule has 0 saturated heterocycles. The van der Waals surface area contributed by atoms with Crippen molar-refractivity contribution in [1.82, 2.24) is 16.0 Å². The monoisotopic (exact) mass is 567 g/mol. The molecular weight excluding hydrogens is 526 g/mol. The average Bonchev–Trinajstić information content (AvgIpc) is 3.50. The summed E-state index contributed by atoms with van der Waals surface area (Å²) in [6.07, 6.45) is 9.12. The van der Waals surface area contributed by atoms with Gasteiger partial charge in [0.25, 0.3) is 5.91 Å². The number of rotatable bonds is 15. The standard InChI is InChI=1S/C29H41N7O5/c30-25(37)23(16-19-8-3-1-4-9-19)35-27(39)22(12-7-14-33-29(31)32)34-28(40)24(17-20-10-5-2-6-11-20)36-26(38)21-13-15-41-18-21/h1,3-4,8-9,13,15,18,20,22-24H,2,5-7,10-12,14,16-17H2,(H2,30,37)(H,34,40)(H,35,39)(H,36,38)(H4,31,32,33)/t22-,23-,24-/m0/s1. The number of carbonyl (C=O) groups excluding carboxylic acids is 4. The zero-order valence-corrected chi connectivity index (χ0v) is 23.2. The van der Waals surface area contributed by atoms with Gasteiger partial charge >= 0.3 is 0 Å². The van der Waals surface area contributed by atoms with Gasteiger partial charge in [-0.25, -0.2) is 0 Å². The van der Waals surface area contributed by atoms with E-state index >= 15 is 0 Å². The van der Waals surface area contributed by atoms with Gasteiger partial charge in [0.05, 0.1) is 11.8 Å². The smallest absolute Gasteiger partial charge is 0.255 e. The minimum atomic E-state index is -1.02. The van der Waals surface area contributed by atoms with Crippen molar-refractivity contribution in [1.29, 1.82) is 0 Å². The van der Waals surface area contributed by atoms with Crippen molar-refractivity contribution in [3.63, 3.8) is 0 Å². The highest BCUT2D eigenvalue weighted by Gasteiger charge is 2.31. The minimum Gasteiger partial charge on any atom is -0.472 e. The number of nitrogens with one attached hydrogen (secondary N) is 3. The quantitative estimate of drug-likeness (QED) is 0.105. The van der Waals surface area contributed by atoms with Crippen molar-refractivity contribution < 1.29 is 23.6 Å². The first-order valence-electron chi connectivity index (χ1n) is 14.1. The number of amides is 4. The van der Waals surface area contributed by atoms with Gasteiger partial charge in [-0.15, -0.1) is 0 Å². The number of carbonyl (C=O) groups is 4. The summed E-state index contributed by atoms with van der Waals surface area (Å²) < 4.78 is 5.01. The topological polar surface area (TPSA) is 208 Å². The lowest BCUT2D eigenvalue weighted by Gasteiger charge is -2.28. The summed E-state index contributed by atoms with van der Waals surface area (Å²) in [7, 11) is 0. The Balaban J connectivity index is 1.75. The molecule has 1 saturated carbocycles. The summed E-state index contributed by atoms with van der Waals surface area (Å²) in [5.41, 5.74) is 17.6. The fourth-order valence-corrected chi connectivity index (χ4v) is 5.01. The highest BCUT2D eigenvalue weighted by atomic mass is 16.3. The molecule has 9 N–H and O–H groups in total. The molecule has 3 rings (SSSR count). The summed E-state index contributed by atoms with van der Waals surface area (Å²) in [4.78, 5) is 56.0. The predicted octanol–water partition coefficient (Wildman–Crippen LogP) is 1.10. The molecule has 0 bridgehead atoms. The Labute approximate surface area is 239 Å². The molecule has 1 heterocycles. The number of furan rings is 1. The van der Waals surface area contributed by atoms with Gasteiger partial charge < -0.3 is 37.6 Å². The summed E-state index contributed by atoms with van der Waals surface area (Å²) >= 11 is 0. The van der Waals surface area contributed by atoms with E-state index in [1.165, 1.54) is 18.6 Å². The van der Waals surface area contributed by atoms with Crippen LogP contribution in [0.5, 0.6) is 0 Å². The van der Waals surface area contributed by atoms with Gasteiger partial charge in [0.15, 0.2) is 5.96 Å². The Morgan fingerprint density at radius 1 is 0.878 bits per heavy atom. The molecule has 12 heteroatoms. The first-order chi connectivity index (χ1) is 19.7. The fraction of sp³-hybridized carbons (Fsp3) is 0.483. The van der Waals surface area contributed by atoms with E-state index in [2.05, 4.69) is 20.9 Å². The third-order valence-electron chi connectivity index (χ3n) is 7.22. The Morgan fingerprint density at radius 3 is 2.20 bits per heavy atom. The molecule has 1 aromatic carbocycles. The normalized spacial score (nSPS) is 15.6. The molecule has 3 atom stereocenters. The van der Waals surface area contributed by atoms with Crippen LogP contribution < -0.4 is 33.2 Å². The van der Waals surface area contributed by atoms with Crippen molar-refractivity contribution in [3.8, 4) is 0 Å². The maximum Gasteiger partial charge on any atom is 0.255 e. The number of primary amides is 1. The lowest BCUT2D eigenvalue weighted by atomic mass is 9.84. The van der Waals surface area contributed by atoms with E-state index in [-0.39, 0.29) is 31.3 Å². The molecule has 222 valence electrons. The molecule has 1 aliphatic carbocycles. The van der Waals surface area contributed by atoms with E-state index in [4.69, 9.17) is 21.6 Å². The summed E-state index contributed by atoms with van der Waals surface area (Å²) in [6.45, 7) is 0.244. The van der Waals surface area contributed by atoms with E-state index in [0.717, 1.165) is 37.7 Å². The van der Waals surface area contributed by atoms with Gasteiger partial charge in [-0.05, 0) is 36.8 Å². The van der Waals surface area contributed by atoms with E-state index in [1.807, 2.05) is 30.3 Å². The minimum absolute atomic E-state index is 0.0822. The number of aliphatic imine (C=N–C) groups is 1. The van der Waals surface area contributed by atoms with Crippen LogP contribution >= 0.6 is 0 Å². The second kappa shape index (κ2) is 16.0. The molecule has 0 radical (unpaired) electrons. The third-order valence-corrected chi connectivity index (χ3v) is 7.22. The highest BCUT2D eigenvalue weighted by Crippen LogP contribution is 2.27. The largest absolute Gasteiger partial charge is 0.472 e. The third kappa shape index (κ3) is 10.6. The van der Waals surface area contributed by atoms with Gasteiger partial charge in [0.1, 0.15) is 24.4 Å². The van der Waals surface area contributed by atoms with Crippen LogP contribution in [0.15, 0.2) is 58.3 Å². The Kier molecular flexibility index (Phi) is 12.2. The number of nitrogens with zero attached hydrogens (tertiary/aromatic N) is 1. The second-order valence-electron chi connectivity index (χ2n) is 10.4. The van der Waals surface area contributed by atoms with E-state index in [9.17, 15) is 19.2 Å². The SMILES string of the molecule is NC(=O)[C@H](Cc1ccccc1)NC(=O)[C@H](CCCN=C(N)N)NC(=O)[C@H](CC1CCCCC1)NC(=O)c1ccoc1. The zero-order valence-electron chi connectivity index (χ0n) is 23.2. The molecule has 12 nitrogen and oxygen atoms in total. The maximum atomic E-state index is 13.6. The maximum absolute atomic E-state index is 13.6. The van der Waals surface area contributed by atoms with Crippen LogP contribution in [0.25, 0.3) is 0 Å². The van der Waals surface area contributed by atoms with Gasteiger partial charge in [-0.3, -0.25) is 24.2 Å². The first-order valence-corrected chi connectivity index (χ1v) is 14.1. The van der Waals surface area contributed by atoms with Gasteiger partial charge in [0, 0.05) is 13.0 Å². The Hall–Kier alpha value is -4.35. The van der Waals surface area contributed by atoms with Crippen LogP contribution in [0.4, 0.5) is 0 Å². The van der Waals surface area contributed by atoms with Crippen LogP contribution in [0.1, 0.15) is 67.3 Å². The van der Waals surface area contributed by atoms with Crippen LogP contribution in [-0.4, -0.2) is 54.3 Å². The van der Waals surface area contributed by atoms with Crippen molar-refractivity contribution in [3.05, 3.63) is 60.1 Å². The number of hydrogen-bond acceptors (Lipinski definition) is 6. The van der Waals surface area contributed by atoms with Crippen LogP contribution in [0.3, 0.4) is 0 Å². The van der Waals surface area contributed by atoms with E-state index in [1.54, 1.807) is 0 Å². The predicted molar refractivity (Wildman–Crippen MR) is 154 cm³/mol. The molecule has 1 fully saturated rings. The van der Waals surface area contributed by atoms with Crippen LogP contribution in [0.2, 0.25) is 0 Å². The highest BCUT2D eigenvalue weighted by molar-refractivity contribution is 5.98. The lowest BCUT2D eigenvalue weighted by molar-refractivity contribution is -0.132. The summed E-state index contributed by atoms with van der Waals surface area (Å²) in [5.74, 6) is -2.02. The summed E-state index contributed by atoms with van der Waals surface area (Å²) in [6, 6.07) is 7.79. The molecule has 1 aliphatic rings. The Bertz CT molecular complexity index is 1160. The average molecular weight is 568 g/mol. The lowest BCUT2D eigenvalue weighted by Crippen LogP contribution is -2.57. The van der Waals surface area contributed by atoms with Gasteiger partial charge in [-0.1, -0.05) is 62.4 Å². The van der Waals surface area contributed by atoms with Gasteiger partial charge in [0.2, 0.25) is 17.7 Å². The zero-order chi connectivity index (χ0) is 29.6. The van der Waals surface area contributed by atoms with Crippen molar-refractivity contribution in [2.24, 2.45) is 28.1 Å². The molecule has 0 aliphatic heterocycles. The molecule has 2 aromatic rings. The van der Waals surface area contributed by atoms with Crippen molar-refractivity contribution in [2.75, 3.05) is 6.54 Å². The molecular formula is C29H41N7O5. The molecule has 4 amide bonds. The van der Waals surface area contributed by atoms with Crippen LogP contribution in [0, 0.1) is 5.92 Å². The van der Waals surface area contributed by atoms with Gasteiger partial charge in [-0.2, -0.15) is 0 Å². The molecule has 1 aromatic heterocycles. The van der Waals surface area contributed by atoms with Crippen molar-refractivity contribution in [2.45, 2.75) is 75.9 Å². The number of benzene rings is 1. The van der Waals surface area contributed by atoms with E-state index < -0.39 is 41.8 Å². The van der Waals surface area contributed by atoms with E-state index in [0.29, 0.717) is 18.4 Å². The summed E-state index contributed by atoms with van der Waals surface area (Å²) in [5, 5.41) is 8.30. The molecule has 0 unspecified atom stereocenters. The first kappa shape index (κ1) is 31.2. The number of nitrogens with two attached hydrogens (primary N) is 3. The number of guanidine groups is 1. The molecule has 0 spiro atoms. The Morgan fingerprint density at radius 2 is 1.56 bits per heavy atom. The van der Waals surface area contributed by atoms with Crippen LogP contribution in [-0.2, 0) is 20.8 Å². The fourth-order valence-electron chi connectivity index (χ4n) is 5.01. The number of hydrogen-bond donors (Lipinski definition) is 6.